The number of benzene rings is 2. The monoisotopic (exact) mass is 359 g/mol. The van der Waals surface area contributed by atoms with Gasteiger partial charge < -0.3 is 10.1 Å². The normalized spacial score (nSPS) is 10.5. The van der Waals surface area contributed by atoms with E-state index in [1.165, 1.54) is 13.3 Å². The molecule has 0 saturated carbocycles. The Labute approximate surface area is 150 Å². The first-order valence-corrected chi connectivity index (χ1v) is 7.87. The third-order valence-electron chi connectivity index (χ3n) is 3.24. The summed E-state index contributed by atoms with van der Waals surface area (Å²) in [6, 6.07) is 12.3. The molecule has 0 atom stereocenters. The molecule has 0 aliphatic rings. The molecule has 0 heterocycles. The fraction of sp³-hybridized carbons (Fsp3) is 0.167. The summed E-state index contributed by atoms with van der Waals surface area (Å²) >= 11 is 5.91. The Balaban J connectivity index is 1.86. The maximum absolute atomic E-state index is 11.8. The third kappa shape index (κ3) is 5.93. The van der Waals surface area contributed by atoms with E-state index in [1.807, 2.05) is 19.1 Å². The second kappa shape index (κ2) is 8.84. The van der Waals surface area contributed by atoms with Crippen LogP contribution in [0, 0.1) is 6.92 Å². The molecule has 0 aromatic heterocycles. The molecule has 0 bridgehead atoms. The van der Waals surface area contributed by atoms with E-state index in [-0.39, 0.29) is 6.42 Å². The van der Waals surface area contributed by atoms with E-state index in [4.69, 9.17) is 16.3 Å². The number of rotatable bonds is 6. The highest BCUT2D eigenvalue weighted by Gasteiger charge is 2.09. The number of amides is 2. The van der Waals surface area contributed by atoms with Gasteiger partial charge in [-0.1, -0.05) is 29.3 Å². The number of aryl methyl sites for hydroxylation is 1. The number of nitrogens with one attached hydrogen (secondary N) is 2. The molecule has 0 radical (unpaired) electrons. The van der Waals surface area contributed by atoms with Crippen LogP contribution in [0.15, 0.2) is 47.6 Å². The molecular weight excluding hydrogens is 342 g/mol. The number of carbonyl (C=O) groups is 2. The van der Waals surface area contributed by atoms with Crippen LogP contribution in [-0.4, -0.2) is 25.1 Å². The molecule has 0 fully saturated rings. The van der Waals surface area contributed by atoms with Crippen LogP contribution in [0.4, 0.5) is 5.69 Å². The SMILES string of the molecule is COc1ccc(Cl)cc1C=NNC(=O)CC(=O)Nc1ccc(C)cc1. The van der Waals surface area contributed by atoms with E-state index >= 15 is 0 Å². The van der Waals surface area contributed by atoms with Crippen molar-refractivity contribution in [3.63, 3.8) is 0 Å². The minimum atomic E-state index is -0.526. The quantitative estimate of drug-likeness (QED) is 0.472. The van der Waals surface area contributed by atoms with Gasteiger partial charge in [-0.15, -0.1) is 0 Å². The van der Waals surface area contributed by atoms with E-state index in [0.717, 1.165) is 5.56 Å². The highest BCUT2D eigenvalue weighted by molar-refractivity contribution is 6.30. The lowest BCUT2D eigenvalue weighted by Crippen LogP contribution is -2.24. The van der Waals surface area contributed by atoms with Crippen molar-refractivity contribution in [2.24, 2.45) is 5.10 Å². The molecule has 7 heteroatoms. The van der Waals surface area contributed by atoms with Crippen LogP contribution in [-0.2, 0) is 9.59 Å². The van der Waals surface area contributed by atoms with Gasteiger partial charge in [0.1, 0.15) is 12.2 Å². The van der Waals surface area contributed by atoms with Gasteiger partial charge in [-0.3, -0.25) is 9.59 Å². The summed E-state index contributed by atoms with van der Waals surface area (Å²) in [5, 5.41) is 6.98. The fourth-order valence-corrected chi connectivity index (χ4v) is 2.19. The number of methoxy groups -OCH3 is 1. The topological polar surface area (TPSA) is 79.8 Å². The summed E-state index contributed by atoms with van der Waals surface area (Å²) in [4.78, 5) is 23.6. The maximum atomic E-state index is 11.8. The molecule has 2 rings (SSSR count). The van der Waals surface area contributed by atoms with E-state index in [9.17, 15) is 9.59 Å². The van der Waals surface area contributed by atoms with Gasteiger partial charge >= 0.3 is 0 Å². The van der Waals surface area contributed by atoms with Crippen molar-refractivity contribution in [1.29, 1.82) is 0 Å². The standard InChI is InChI=1S/C18H18ClN3O3/c1-12-3-6-15(7-4-12)21-17(23)10-18(24)22-20-11-13-9-14(19)5-8-16(13)25-2/h3-9,11H,10H2,1-2H3,(H,21,23)(H,22,24). The van der Waals surface area contributed by atoms with Crippen LogP contribution in [0.5, 0.6) is 5.75 Å². The molecular formula is C18H18ClN3O3. The smallest absolute Gasteiger partial charge is 0.249 e. The molecule has 2 aromatic rings. The predicted molar refractivity (Wildman–Crippen MR) is 98.2 cm³/mol. The van der Waals surface area contributed by atoms with Gasteiger partial charge in [0, 0.05) is 16.3 Å². The van der Waals surface area contributed by atoms with Crippen molar-refractivity contribution >= 4 is 35.3 Å². The number of halogens is 1. The first-order chi connectivity index (χ1) is 12.0. The van der Waals surface area contributed by atoms with Gasteiger partial charge in [0.2, 0.25) is 11.8 Å². The zero-order valence-electron chi connectivity index (χ0n) is 13.9. The Morgan fingerprint density at radius 1 is 1.16 bits per heavy atom. The largest absolute Gasteiger partial charge is 0.496 e. The second-order valence-electron chi connectivity index (χ2n) is 5.27. The zero-order valence-corrected chi connectivity index (χ0v) is 14.6. The molecule has 0 unspecified atom stereocenters. The highest BCUT2D eigenvalue weighted by Crippen LogP contribution is 2.20. The Morgan fingerprint density at radius 3 is 2.56 bits per heavy atom. The lowest BCUT2D eigenvalue weighted by atomic mass is 10.2. The summed E-state index contributed by atoms with van der Waals surface area (Å²) in [6.07, 6.45) is 1.07. The Hall–Kier alpha value is -2.86. The van der Waals surface area contributed by atoms with Crippen LogP contribution in [0.25, 0.3) is 0 Å². The molecule has 2 aromatic carbocycles. The van der Waals surface area contributed by atoms with Crippen molar-refractivity contribution in [2.45, 2.75) is 13.3 Å². The number of ether oxygens (including phenoxy) is 1. The van der Waals surface area contributed by atoms with Gasteiger partial charge in [0.05, 0.1) is 13.3 Å². The molecule has 2 amide bonds. The van der Waals surface area contributed by atoms with Gasteiger partial charge in [0.15, 0.2) is 0 Å². The Morgan fingerprint density at radius 2 is 1.88 bits per heavy atom. The molecule has 25 heavy (non-hydrogen) atoms. The molecule has 2 N–H and O–H groups in total. The number of hydrazone groups is 1. The molecule has 6 nitrogen and oxygen atoms in total. The highest BCUT2D eigenvalue weighted by atomic mass is 35.5. The van der Waals surface area contributed by atoms with Gasteiger partial charge in [-0.05, 0) is 37.3 Å². The van der Waals surface area contributed by atoms with Crippen molar-refractivity contribution in [3.8, 4) is 5.75 Å². The first-order valence-electron chi connectivity index (χ1n) is 7.50. The van der Waals surface area contributed by atoms with E-state index in [2.05, 4.69) is 15.8 Å². The Bertz CT molecular complexity index is 789. The molecule has 130 valence electrons. The van der Waals surface area contributed by atoms with Crippen LogP contribution >= 0.6 is 11.6 Å². The van der Waals surface area contributed by atoms with Crippen molar-refractivity contribution in [1.82, 2.24) is 5.43 Å². The second-order valence-corrected chi connectivity index (χ2v) is 5.71. The minimum Gasteiger partial charge on any atom is -0.496 e. The summed E-state index contributed by atoms with van der Waals surface area (Å²) < 4.78 is 5.17. The average molecular weight is 360 g/mol. The lowest BCUT2D eigenvalue weighted by molar-refractivity contribution is -0.126. The number of anilines is 1. The van der Waals surface area contributed by atoms with Crippen LogP contribution in [0.1, 0.15) is 17.5 Å². The summed E-state index contributed by atoms with van der Waals surface area (Å²) in [5.74, 6) is -0.377. The van der Waals surface area contributed by atoms with Crippen LogP contribution in [0.3, 0.4) is 0 Å². The molecule has 0 spiro atoms. The van der Waals surface area contributed by atoms with Gasteiger partial charge in [0.25, 0.3) is 0 Å². The van der Waals surface area contributed by atoms with Crippen molar-refractivity contribution < 1.29 is 14.3 Å². The number of nitrogens with zero attached hydrogens (tertiary/aromatic N) is 1. The minimum absolute atomic E-state index is 0.335. The predicted octanol–water partition coefficient (Wildman–Crippen LogP) is 3.14. The average Bonchev–Trinajstić information content (AvgIpc) is 2.57. The lowest BCUT2D eigenvalue weighted by Gasteiger charge is -2.05. The number of carbonyl (C=O) groups excluding carboxylic acids is 2. The van der Waals surface area contributed by atoms with E-state index in [1.54, 1.807) is 30.3 Å². The van der Waals surface area contributed by atoms with Crippen LogP contribution in [0.2, 0.25) is 5.02 Å². The van der Waals surface area contributed by atoms with Crippen molar-refractivity contribution in [3.05, 3.63) is 58.6 Å². The first kappa shape index (κ1) is 18.5. The third-order valence-corrected chi connectivity index (χ3v) is 3.48. The van der Waals surface area contributed by atoms with E-state index in [0.29, 0.717) is 22.0 Å². The summed E-state index contributed by atoms with van der Waals surface area (Å²) in [7, 11) is 1.52. The Kier molecular flexibility index (Phi) is 6.54. The fourth-order valence-electron chi connectivity index (χ4n) is 2.01. The van der Waals surface area contributed by atoms with Gasteiger partial charge in [-0.2, -0.15) is 5.10 Å². The van der Waals surface area contributed by atoms with Crippen molar-refractivity contribution in [2.75, 3.05) is 12.4 Å². The molecule has 0 aliphatic heterocycles. The van der Waals surface area contributed by atoms with Crippen LogP contribution < -0.4 is 15.5 Å². The molecule has 0 aliphatic carbocycles. The van der Waals surface area contributed by atoms with Gasteiger partial charge in [-0.25, -0.2) is 5.43 Å². The van der Waals surface area contributed by atoms with E-state index < -0.39 is 11.8 Å². The summed E-state index contributed by atoms with van der Waals surface area (Å²) in [5.41, 5.74) is 4.63. The maximum Gasteiger partial charge on any atom is 0.249 e. The zero-order chi connectivity index (χ0) is 18.2. The summed E-state index contributed by atoms with van der Waals surface area (Å²) in [6.45, 7) is 1.95. The number of hydrogen-bond donors (Lipinski definition) is 2. The molecule has 0 saturated heterocycles. The number of hydrogen-bond acceptors (Lipinski definition) is 4.